The molecule has 1 atom stereocenters. The Morgan fingerprint density at radius 3 is 3.16 bits per heavy atom. The SMILES string of the molecule is Cc1cc(CN2CCC[C@](O)(c3cn[nH]n3)C2)on1. The van der Waals surface area contributed by atoms with Gasteiger partial charge in [-0.15, -0.1) is 0 Å². The Morgan fingerprint density at radius 2 is 2.47 bits per heavy atom. The van der Waals surface area contributed by atoms with Crippen molar-refractivity contribution in [3.63, 3.8) is 0 Å². The molecule has 7 heteroatoms. The first-order valence-electron chi connectivity index (χ1n) is 6.39. The van der Waals surface area contributed by atoms with Crippen LogP contribution >= 0.6 is 0 Å². The summed E-state index contributed by atoms with van der Waals surface area (Å²) < 4.78 is 5.22. The largest absolute Gasteiger partial charge is 0.382 e. The van der Waals surface area contributed by atoms with Gasteiger partial charge >= 0.3 is 0 Å². The maximum atomic E-state index is 10.7. The average Bonchev–Trinajstić information content (AvgIpc) is 3.01. The minimum atomic E-state index is -0.930. The van der Waals surface area contributed by atoms with Crippen LogP contribution in [0, 0.1) is 6.92 Å². The van der Waals surface area contributed by atoms with E-state index >= 15 is 0 Å². The van der Waals surface area contributed by atoms with Crippen molar-refractivity contribution >= 4 is 0 Å². The molecular weight excluding hydrogens is 246 g/mol. The number of aliphatic hydroxyl groups is 1. The lowest BCUT2D eigenvalue weighted by Crippen LogP contribution is -2.45. The van der Waals surface area contributed by atoms with Crippen LogP contribution in [0.15, 0.2) is 16.8 Å². The Kier molecular flexibility index (Phi) is 3.08. The van der Waals surface area contributed by atoms with Crippen LogP contribution in [0.1, 0.15) is 30.0 Å². The molecule has 2 aromatic heterocycles. The first-order valence-corrected chi connectivity index (χ1v) is 6.39. The zero-order chi connectivity index (χ0) is 13.3. The lowest BCUT2D eigenvalue weighted by molar-refractivity contribution is -0.0432. The number of hydrogen-bond acceptors (Lipinski definition) is 6. The van der Waals surface area contributed by atoms with Gasteiger partial charge in [-0.05, 0) is 26.3 Å². The monoisotopic (exact) mass is 263 g/mol. The number of nitrogens with one attached hydrogen (secondary N) is 1. The summed E-state index contributed by atoms with van der Waals surface area (Å²) in [6.07, 6.45) is 3.20. The Balaban J connectivity index is 1.71. The van der Waals surface area contributed by atoms with E-state index < -0.39 is 5.60 Å². The minimum Gasteiger partial charge on any atom is -0.382 e. The van der Waals surface area contributed by atoms with Crippen molar-refractivity contribution in [1.29, 1.82) is 0 Å². The summed E-state index contributed by atoms with van der Waals surface area (Å²) in [5, 5.41) is 24.9. The van der Waals surface area contributed by atoms with Crippen LogP contribution in [-0.2, 0) is 12.1 Å². The molecule has 0 aliphatic carbocycles. The highest BCUT2D eigenvalue weighted by atomic mass is 16.5. The lowest BCUT2D eigenvalue weighted by atomic mass is 9.90. The number of likely N-dealkylation sites (tertiary alicyclic amines) is 1. The number of aromatic nitrogens is 4. The molecule has 1 aliphatic rings. The number of H-pyrrole nitrogens is 1. The van der Waals surface area contributed by atoms with Gasteiger partial charge in [0, 0.05) is 12.6 Å². The van der Waals surface area contributed by atoms with Gasteiger partial charge in [-0.3, -0.25) is 4.90 Å². The van der Waals surface area contributed by atoms with Crippen LogP contribution in [0.3, 0.4) is 0 Å². The Bertz CT molecular complexity index is 538. The van der Waals surface area contributed by atoms with Crippen LogP contribution in [0.4, 0.5) is 0 Å². The number of rotatable bonds is 3. The molecule has 0 amide bonds. The van der Waals surface area contributed by atoms with Gasteiger partial charge in [0.25, 0.3) is 0 Å². The minimum absolute atomic E-state index is 0.527. The van der Waals surface area contributed by atoms with Crippen molar-refractivity contribution in [3.05, 3.63) is 29.4 Å². The molecule has 19 heavy (non-hydrogen) atoms. The molecule has 102 valence electrons. The van der Waals surface area contributed by atoms with Crippen molar-refractivity contribution < 1.29 is 9.63 Å². The smallest absolute Gasteiger partial charge is 0.150 e. The molecule has 0 bridgehead atoms. The number of β-amino-alcohol motifs (C(OH)–C–C–N with tert-alkyl or cyclic N) is 1. The molecule has 7 nitrogen and oxygen atoms in total. The fraction of sp³-hybridized carbons (Fsp3) is 0.583. The van der Waals surface area contributed by atoms with Crippen molar-refractivity contribution in [3.8, 4) is 0 Å². The molecule has 0 spiro atoms. The standard InChI is InChI=1S/C12H17N5O2/c1-9-5-10(19-15-9)7-17-4-2-3-12(18,8-17)11-6-13-16-14-11/h5-6,18H,2-4,7-8H2,1H3,(H,13,14,16)/t12-/m1/s1. The van der Waals surface area contributed by atoms with E-state index in [-0.39, 0.29) is 0 Å². The van der Waals surface area contributed by atoms with Crippen molar-refractivity contribution in [1.82, 2.24) is 25.5 Å². The van der Waals surface area contributed by atoms with Gasteiger partial charge in [0.1, 0.15) is 11.3 Å². The van der Waals surface area contributed by atoms with Gasteiger partial charge in [0.2, 0.25) is 0 Å². The Morgan fingerprint density at radius 1 is 1.58 bits per heavy atom. The molecule has 3 heterocycles. The molecule has 0 aromatic carbocycles. The second-order valence-electron chi connectivity index (χ2n) is 5.14. The van der Waals surface area contributed by atoms with E-state index in [9.17, 15) is 5.11 Å². The third kappa shape index (κ3) is 2.52. The summed E-state index contributed by atoms with van der Waals surface area (Å²) in [6.45, 7) is 4.01. The van der Waals surface area contributed by atoms with Crippen LogP contribution in [0.5, 0.6) is 0 Å². The molecule has 1 saturated heterocycles. The second kappa shape index (κ2) is 4.75. The van der Waals surface area contributed by atoms with Crippen molar-refractivity contribution in [2.75, 3.05) is 13.1 Å². The lowest BCUT2D eigenvalue weighted by Gasteiger charge is -2.37. The number of aryl methyl sites for hydroxylation is 1. The molecule has 1 fully saturated rings. The summed E-state index contributed by atoms with van der Waals surface area (Å²) in [7, 11) is 0. The third-order valence-electron chi connectivity index (χ3n) is 3.50. The van der Waals surface area contributed by atoms with Crippen LogP contribution in [-0.4, -0.2) is 43.7 Å². The highest BCUT2D eigenvalue weighted by Gasteiger charge is 2.37. The molecule has 0 saturated carbocycles. The van der Waals surface area contributed by atoms with Crippen molar-refractivity contribution in [2.45, 2.75) is 31.9 Å². The van der Waals surface area contributed by atoms with Gasteiger partial charge < -0.3 is 9.63 Å². The van der Waals surface area contributed by atoms with Gasteiger partial charge in [-0.1, -0.05) is 5.16 Å². The second-order valence-corrected chi connectivity index (χ2v) is 5.14. The third-order valence-corrected chi connectivity index (χ3v) is 3.50. The maximum Gasteiger partial charge on any atom is 0.150 e. The first-order chi connectivity index (χ1) is 9.16. The first kappa shape index (κ1) is 12.3. The molecule has 0 unspecified atom stereocenters. The van der Waals surface area contributed by atoms with E-state index in [1.54, 1.807) is 6.20 Å². The quantitative estimate of drug-likeness (QED) is 0.842. The van der Waals surface area contributed by atoms with E-state index in [1.807, 2.05) is 13.0 Å². The van der Waals surface area contributed by atoms with E-state index in [0.29, 0.717) is 25.2 Å². The molecular formula is C12H17N5O2. The zero-order valence-corrected chi connectivity index (χ0v) is 10.8. The number of piperidine rings is 1. The summed E-state index contributed by atoms with van der Waals surface area (Å²) in [5.41, 5.74) is 0.546. The Labute approximate surface area is 110 Å². The summed E-state index contributed by atoms with van der Waals surface area (Å²) in [5.74, 6) is 0.821. The van der Waals surface area contributed by atoms with Gasteiger partial charge in [-0.2, -0.15) is 15.4 Å². The molecule has 2 aromatic rings. The van der Waals surface area contributed by atoms with Crippen molar-refractivity contribution in [2.24, 2.45) is 0 Å². The number of nitrogens with zero attached hydrogens (tertiary/aromatic N) is 4. The van der Waals surface area contributed by atoms with Crippen LogP contribution in [0.2, 0.25) is 0 Å². The van der Waals surface area contributed by atoms with Crippen LogP contribution < -0.4 is 0 Å². The predicted octanol–water partition coefficient (Wildman–Crippen LogP) is 0.585. The average molecular weight is 263 g/mol. The highest BCUT2D eigenvalue weighted by molar-refractivity contribution is 5.10. The normalized spacial score (nSPS) is 24.7. The fourth-order valence-corrected chi connectivity index (χ4v) is 2.60. The molecule has 3 rings (SSSR count). The summed E-state index contributed by atoms with van der Waals surface area (Å²) in [4.78, 5) is 2.15. The topological polar surface area (TPSA) is 91.1 Å². The van der Waals surface area contributed by atoms with Gasteiger partial charge in [0.05, 0.1) is 18.4 Å². The van der Waals surface area contributed by atoms with E-state index in [1.165, 1.54) is 0 Å². The van der Waals surface area contributed by atoms with E-state index in [2.05, 4.69) is 25.5 Å². The number of aromatic amines is 1. The molecule has 0 radical (unpaired) electrons. The van der Waals surface area contributed by atoms with E-state index in [0.717, 1.165) is 24.4 Å². The number of hydrogen-bond donors (Lipinski definition) is 2. The van der Waals surface area contributed by atoms with Crippen LogP contribution in [0.25, 0.3) is 0 Å². The maximum absolute atomic E-state index is 10.7. The molecule has 2 N–H and O–H groups in total. The summed E-state index contributed by atoms with van der Waals surface area (Å²) >= 11 is 0. The fourth-order valence-electron chi connectivity index (χ4n) is 2.60. The van der Waals surface area contributed by atoms with Gasteiger partial charge in [0.15, 0.2) is 5.76 Å². The van der Waals surface area contributed by atoms with E-state index in [4.69, 9.17) is 4.52 Å². The Hall–Kier alpha value is -1.73. The predicted molar refractivity (Wildman–Crippen MR) is 66.0 cm³/mol. The zero-order valence-electron chi connectivity index (χ0n) is 10.8. The highest BCUT2D eigenvalue weighted by Crippen LogP contribution is 2.30. The molecule has 1 aliphatic heterocycles. The van der Waals surface area contributed by atoms with Gasteiger partial charge in [-0.25, -0.2) is 0 Å². The summed E-state index contributed by atoms with van der Waals surface area (Å²) in [6, 6.07) is 1.92.